The van der Waals surface area contributed by atoms with E-state index in [0.717, 1.165) is 44.9 Å². The maximum atomic E-state index is 12.9. The Kier molecular flexibility index (Phi) is 5.10. The summed E-state index contributed by atoms with van der Waals surface area (Å²) in [6, 6.07) is 0. The summed E-state index contributed by atoms with van der Waals surface area (Å²) in [6.45, 7) is 13.7. The summed E-state index contributed by atoms with van der Waals surface area (Å²) >= 11 is 0. The van der Waals surface area contributed by atoms with Gasteiger partial charge in [0.2, 0.25) is 0 Å². The van der Waals surface area contributed by atoms with E-state index in [4.69, 9.17) is 4.74 Å². The van der Waals surface area contributed by atoms with Crippen molar-refractivity contribution in [1.82, 2.24) is 0 Å². The van der Waals surface area contributed by atoms with Crippen molar-refractivity contribution in [1.29, 1.82) is 0 Å². The van der Waals surface area contributed by atoms with Crippen molar-refractivity contribution in [2.24, 2.45) is 33.5 Å². The van der Waals surface area contributed by atoms with Crippen LogP contribution >= 0.6 is 0 Å². The Labute approximate surface area is 159 Å². The molecule has 3 aliphatic carbocycles. The molecule has 0 bridgehead atoms. The Balaban J connectivity index is 1.97. The maximum Gasteiger partial charge on any atom is 0.312 e. The quantitative estimate of drug-likeness (QED) is 0.557. The van der Waals surface area contributed by atoms with Crippen LogP contribution in [0, 0.1) is 33.5 Å². The number of rotatable bonds is 4. The first-order chi connectivity index (χ1) is 12.2. The minimum absolute atomic E-state index is 0.00694. The van der Waals surface area contributed by atoms with Crippen molar-refractivity contribution in [3.05, 3.63) is 12.7 Å². The molecule has 0 saturated heterocycles. The fourth-order valence-corrected chi connectivity index (χ4v) is 7.42. The summed E-state index contributed by atoms with van der Waals surface area (Å²) in [5, 5.41) is 9.97. The fraction of sp³-hybridized carbons (Fsp3) is 0.870. The van der Waals surface area contributed by atoms with Gasteiger partial charge in [-0.25, -0.2) is 0 Å². The van der Waals surface area contributed by atoms with Gasteiger partial charge in [-0.05, 0) is 86.9 Å². The standard InChI is InChI=1S/C23H38O3/c1-6-23-14-10-17-21(4,18(23)9-13-20(3,15-23)16-24)11-8-12-22(17,5)19(25)26-7-2/h6,17-18,24H,1,7-16H2,2-5H3/t17-,18-,20-,21+,22+,23+/m0/s1. The number of allylic oxidation sites excluding steroid dienone is 1. The molecule has 3 aliphatic rings. The normalized spacial score (nSPS) is 48.2. The lowest BCUT2D eigenvalue weighted by atomic mass is 9.39. The van der Waals surface area contributed by atoms with Gasteiger partial charge in [0.25, 0.3) is 0 Å². The van der Waals surface area contributed by atoms with Gasteiger partial charge < -0.3 is 9.84 Å². The fourth-order valence-electron chi connectivity index (χ4n) is 7.42. The van der Waals surface area contributed by atoms with Crippen LogP contribution in [0.3, 0.4) is 0 Å². The van der Waals surface area contributed by atoms with Gasteiger partial charge >= 0.3 is 5.97 Å². The highest BCUT2D eigenvalue weighted by molar-refractivity contribution is 5.77. The molecular formula is C23H38O3. The van der Waals surface area contributed by atoms with Crippen molar-refractivity contribution in [2.45, 2.75) is 79.1 Å². The second-order valence-electron chi connectivity index (χ2n) is 10.3. The Hall–Kier alpha value is -0.830. The van der Waals surface area contributed by atoms with E-state index in [9.17, 15) is 9.90 Å². The molecule has 1 N–H and O–H groups in total. The molecule has 0 amide bonds. The van der Waals surface area contributed by atoms with E-state index in [2.05, 4.69) is 33.4 Å². The number of carbonyl (C=O) groups is 1. The molecule has 3 saturated carbocycles. The summed E-state index contributed by atoms with van der Waals surface area (Å²) < 4.78 is 5.52. The summed E-state index contributed by atoms with van der Waals surface area (Å²) in [4.78, 5) is 12.9. The number of esters is 1. The van der Waals surface area contributed by atoms with E-state index in [0.29, 0.717) is 18.4 Å². The summed E-state index contributed by atoms with van der Waals surface area (Å²) in [5.41, 5.74) is -0.0854. The van der Waals surface area contributed by atoms with Gasteiger partial charge in [-0.15, -0.1) is 6.58 Å². The van der Waals surface area contributed by atoms with Crippen LogP contribution in [0.25, 0.3) is 0 Å². The molecule has 0 aromatic carbocycles. The number of hydrogen-bond donors (Lipinski definition) is 1. The zero-order valence-electron chi connectivity index (χ0n) is 17.3. The third-order valence-electron chi connectivity index (χ3n) is 8.69. The van der Waals surface area contributed by atoms with Crippen molar-refractivity contribution in [2.75, 3.05) is 13.2 Å². The molecule has 6 atom stereocenters. The minimum atomic E-state index is -0.353. The van der Waals surface area contributed by atoms with Crippen LogP contribution in [0.1, 0.15) is 79.1 Å². The Morgan fingerprint density at radius 1 is 1.15 bits per heavy atom. The van der Waals surface area contributed by atoms with E-state index in [1.54, 1.807) is 0 Å². The molecule has 0 unspecified atom stereocenters. The van der Waals surface area contributed by atoms with Gasteiger partial charge in [-0.1, -0.05) is 26.3 Å². The monoisotopic (exact) mass is 362 g/mol. The lowest BCUT2D eigenvalue weighted by Gasteiger charge is -2.65. The summed E-state index contributed by atoms with van der Waals surface area (Å²) in [7, 11) is 0. The molecule has 3 heteroatoms. The van der Waals surface area contributed by atoms with E-state index in [1.807, 2.05) is 6.92 Å². The first-order valence-electron chi connectivity index (χ1n) is 10.6. The molecule has 148 valence electrons. The molecule has 3 nitrogen and oxygen atoms in total. The van der Waals surface area contributed by atoms with Crippen LogP contribution in [0.4, 0.5) is 0 Å². The molecule has 0 aromatic heterocycles. The highest BCUT2D eigenvalue weighted by Crippen LogP contribution is 2.69. The number of carbonyl (C=O) groups excluding carboxylic acids is 1. The van der Waals surface area contributed by atoms with Gasteiger partial charge in [0.15, 0.2) is 0 Å². The molecule has 3 rings (SSSR count). The highest BCUT2D eigenvalue weighted by atomic mass is 16.5. The van der Waals surface area contributed by atoms with Crippen molar-refractivity contribution < 1.29 is 14.6 Å². The number of aliphatic hydroxyl groups is 1. The molecule has 0 aliphatic heterocycles. The van der Waals surface area contributed by atoms with Crippen LogP contribution < -0.4 is 0 Å². The lowest BCUT2D eigenvalue weighted by molar-refractivity contribution is -0.188. The largest absolute Gasteiger partial charge is 0.466 e. The van der Waals surface area contributed by atoms with Gasteiger partial charge in [0, 0.05) is 6.61 Å². The number of aliphatic hydroxyl groups excluding tert-OH is 1. The van der Waals surface area contributed by atoms with Crippen molar-refractivity contribution in [3.63, 3.8) is 0 Å². The molecule has 0 spiro atoms. The molecule has 3 fully saturated rings. The molecule has 0 heterocycles. The van der Waals surface area contributed by atoms with Gasteiger partial charge in [-0.2, -0.15) is 0 Å². The minimum Gasteiger partial charge on any atom is -0.466 e. The van der Waals surface area contributed by atoms with E-state index < -0.39 is 0 Å². The first-order valence-corrected chi connectivity index (χ1v) is 10.6. The second kappa shape index (κ2) is 6.65. The van der Waals surface area contributed by atoms with E-state index >= 15 is 0 Å². The van der Waals surface area contributed by atoms with Gasteiger partial charge in [0.05, 0.1) is 12.0 Å². The molecule has 0 aromatic rings. The number of ether oxygens (including phenoxy) is 1. The van der Waals surface area contributed by atoms with Crippen LogP contribution in [-0.4, -0.2) is 24.3 Å². The summed E-state index contributed by atoms with van der Waals surface area (Å²) in [5.74, 6) is 0.956. The second-order valence-corrected chi connectivity index (χ2v) is 10.3. The van der Waals surface area contributed by atoms with Crippen molar-refractivity contribution in [3.8, 4) is 0 Å². The van der Waals surface area contributed by atoms with Crippen LogP contribution in [0.2, 0.25) is 0 Å². The molecular weight excluding hydrogens is 324 g/mol. The Morgan fingerprint density at radius 2 is 1.85 bits per heavy atom. The van der Waals surface area contributed by atoms with Crippen molar-refractivity contribution >= 4 is 5.97 Å². The smallest absolute Gasteiger partial charge is 0.312 e. The van der Waals surface area contributed by atoms with E-state index in [-0.39, 0.29) is 34.2 Å². The number of hydrogen-bond acceptors (Lipinski definition) is 3. The Bertz CT molecular complexity index is 572. The first kappa shape index (κ1) is 19.9. The van der Waals surface area contributed by atoms with Crippen LogP contribution in [0.5, 0.6) is 0 Å². The van der Waals surface area contributed by atoms with Gasteiger partial charge in [0.1, 0.15) is 0 Å². The third-order valence-corrected chi connectivity index (χ3v) is 8.69. The van der Waals surface area contributed by atoms with E-state index in [1.165, 1.54) is 6.42 Å². The SMILES string of the molecule is C=C[C@]12CC[C@H]3[C@@](C)(CCC[C@@]3(C)C(=O)OCC)[C@@H]1CC[C@](C)(CO)C2. The molecule has 0 radical (unpaired) electrons. The van der Waals surface area contributed by atoms with Crippen LogP contribution in [0.15, 0.2) is 12.7 Å². The molecule has 26 heavy (non-hydrogen) atoms. The van der Waals surface area contributed by atoms with Crippen LogP contribution in [-0.2, 0) is 9.53 Å². The maximum absolute atomic E-state index is 12.9. The Morgan fingerprint density at radius 3 is 2.46 bits per heavy atom. The summed E-state index contributed by atoms with van der Waals surface area (Å²) in [6.07, 6.45) is 10.9. The highest BCUT2D eigenvalue weighted by Gasteiger charge is 2.63. The number of fused-ring (bicyclic) bond motifs is 3. The zero-order valence-corrected chi connectivity index (χ0v) is 17.3. The zero-order chi connectivity index (χ0) is 19.2. The average molecular weight is 363 g/mol. The third kappa shape index (κ3) is 2.77. The van der Waals surface area contributed by atoms with Gasteiger partial charge in [-0.3, -0.25) is 4.79 Å². The average Bonchev–Trinajstić information content (AvgIpc) is 2.61. The topological polar surface area (TPSA) is 46.5 Å². The predicted molar refractivity (Wildman–Crippen MR) is 105 cm³/mol. The predicted octanol–water partition coefficient (Wildman–Crippen LogP) is 5.13. The lowest BCUT2D eigenvalue weighted by Crippen LogP contribution is -2.60.